The van der Waals surface area contributed by atoms with E-state index in [1.807, 2.05) is 24.3 Å². The van der Waals surface area contributed by atoms with Gasteiger partial charge in [0, 0.05) is 28.6 Å². The Morgan fingerprint density at radius 2 is 1.88 bits per heavy atom. The minimum Gasteiger partial charge on any atom is -0.359 e. The Morgan fingerprint density at radius 1 is 1.09 bits per heavy atom. The molecule has 9 heteroatoms. The van der Waals surface area contributed by atoms with Gasteiger partial charge in [-0.3, -0.25) is 9.59 Å². The van der Waals surface area contributed by atoms with Crippen LogP contribution < -0.4 is 16.0 Å². The molecule has 2 aromatic carbocycles. The summed E-state index contributed by atoms with van der Waals surface area (Å²) in [4.78, 5) is 33.8. The van der Waals surface area contributed by atoms with Gasteiger partial charge in [0.1, 0.15) is 11.4 Å². The van der Waals surface area contributed by atoms with Crippen molar-refractivity contribution in [3.63, 3.8) is 0 Å². The first-order valence-electron chi connectivity index (χ1n) is 10.3. The number of anilines is 4. The standard InChI is InChI=1S/C24H20N6O3/c1-13-21(14(2)33-30-13)28-23(32)15-7-9-17(10-8-15)26-24-25-12-16-11-20(31)27-19-6-4-3-5-18(19)22(16)29-24/h3-10,12H,11H2,1-2H3,(H,27,31)(H,28,32)(H,25,26,29). The SMILES string of the molecule is Cc1noc(C)c1NC(=O)c1ccc(Nc2ncc3c(n2)-c2ccccc2NC(=O)C3)cc1. The Bertz CT molecular complexity index is 1360. The van der Waals surface area contributed by atoms with Crippen LogP contribution in [0.4, 0.5) is 23.0 Å². The van der Waals surface area contributed by atoms with E-state index in [2.05, 4.69) is 31.1 Å². The predicted octanol–water partition coefficient (Wildman–Crippen LogP) is 4.24. The zero-order valence-corrected chi connectivity index (χ0v) is 18.0. The van der Waals surface area contributed by atoms with Crippen LogP contribution in [0.1, 0.15) is 27.4 Å². The molecular weight excluding hydrogens is 420 g/mol. The molecule has 0 aliphatic carbocycles. The van der Waals surface area contributed by atoms with E-state index in [1.165, 1.54) is 0 Å². The topological polar surface area (TPSA) is 122 Å². The summed E-state index contributed by atoms with van der Waals surface area (Å²) in [6.45, 7) is 3.51. The average Bonchev–Trinajstić information content (AvgIpc) is 3.04. The molecule has 0 spiro atoms. The van der Waals surface area contributed by atoms with Crippen molar-refractivity contribution in [1.29, 1.82) is 0 Å². The molecule has 1 aliphatic heterocycles. The second kappa shape index (κ2) is 8.19. The van der Waals surface area contributed by atoms with Crippen molar-refractivity contribution in [2.45, 2.75) is 20.3 Å². The molecule has 0 radical (unpaired) electrons. The quantitative estimate of drug-likeness (QED) is 0.434. The van der Waals surface area contributed by atoms with E-state index in [0.717, 1.165) is 22.5 Å². The zero-order chi connectivity index (χ0) is 22.9. The number of hydrogen-bond donors (Lipinski definition) is 3. The molecule has 3 heterocycles. The largest absolute Gasteiger partial charge is 0.359 e. The molecule has 2 aromatic heterocycles. The van der Waals surface area contributed by atoms with Gasteiger partial charge in [-0.15, -0.1) is 0 Å². The van der Waals surface area contributed by atoms with Gasteiger partial charge in [0.25, 0.3) is 5.91 Å². The number of aromatic nitrogens is 3. The van der Waals surface area contributed by atoms with Crippen LogP contribution in [0.5, 0.6) is 0 Å². The molecule has 0 saturated carbocycles. The number of carbonyl (C=O) groups is 2. The molecule has 3 N–H and O–H groups in total. The fourth-order valence-corrected chi connectivity index (χ4v) is 3.68. The van der Waals surface area contributed by atoms with Crippen LogP contribution >= 0.6 is 0 Å². The van der Waals surface area contributed by atoms with Gasteiger partial charge in [-0.2, -0.15) is 0 Å². The summed E-state index contributed by atoms with van der Waals surface area (Å²) >= 11 is 0. The molecule has 1 aliphatic rings. The highest BCUT2D eigenvalue weighted by Gasteiger charge is 2.20. The second-order valence-electron chi connectivity index (χ2n) is 7.69. The number of nitrogens with zero attached hydrogens (tertiary/aromatic N) is 3. The fraction of sp³-hybridized carbons (Fsp3) is 0.125. The highest BCUT2D eigenvalue weighted by molar-refractivity contribution is 6.05. The van der Waals surface area contributed by atoms with E-state index < -0.39 is 0 Å². The number of amides is 2. The summed E-state index contributed by atoms with van der Waals surface area (Å²) in [5.41, 5.74) is 5.44. The molecule has 0 bridgehead atoms. The van der Waals surface area contributed by atoms with E-state index in [4.69, 9.17) is 4.52 Å². The summed E-state index contributed by atoms with van der Waals surface area (Å²) < 4.78 is 5.08. The van der Waals surface area contributed by atoms with Crippen molar-refractivity contribution in [1.82, 2.24) is 15.1 Å². The maximum atomic E-state index is 12.6. The second-order valence-corrected chi connectivity index (χ2v) is 7.69. The van der Waals surface area contributed by atoms with Crippen LogP contribution in [0.15, 0.2) is 59.3 Å². The van der Waals surface area contributed by atoms with Crippen molar-refractivity contribution < 1.29 is 14.1 Å². The van der Waals surface area contributed by atoms with Gasteiger partial charge in [-0.1, -0.05) is 23.4 Å². The van der Waals surface area contributed by atoms with Gasteiger partial charge in [0.05, 0.1) is 17.8 Å². The van der Waals surface area contributed by atoms with Gasteiger partial charge in [-0.25, -0.2) is 9.97 Å². The van der Waals surface area contributed by atoms with Crippen molar-refractivity contribution in [3.05, 3.63) is 77.3 Å². The highest BCUT2D eigenvalue weighted by Crippen LogP contribution is 2.32. The summed E-state index contributed by atoms with van der Waals surface area (Å²) in [5, 5.41) is 12.7. The van der Waals surface area contributed by atoms with Crippen LogP contribution in [0.3, 0.4) is 0 Å². The average molecular weight is 440 g/mol. The zero-order valence-electron chi connectivity index (χ0n) is 18.0. The van der Waals surface area contributed by atoms with E-state index in [-0.39, 0.29) is 18.2 Å². The first-order valence-corrected chi connectivity index (χ1v) is 10.3. The van der Waals surface area contributed by atoms with Crippen LogP contribution in [-0.4, -0.2) is 26.9 Å². The van der Waals surface area contributed by atoms with Gasteiger partial charge < -0.3 is 20.5 Å². The molecule has 164 valence electrons. The van der Waals surface area contributed by atoms with Crippen molar-refractivity contribution in [3.8, 4) is 11.3 Å². The van der Waals surface area contributed by atoms with Crippen LogP contribution in [0.25, 0.3) is 11.3 Å². The van der Waals surface area contributed by atoms with Gasteiger partial charge in [0.2, 0.25) is 11.9 Å². The molecule has 33 heavy (non-hydrogen) atoms. The monoisotopic (exact) mass is 440 g/mol. The summed E-state index contributed by atoms with van der Waals surface area (Å²) in [5.74, 6) is 0.589. The van der Waals surface area contributed by atoms with E-state index in [0.29, 0.717) is 34.3 Å². The number of fused-ring (bicyclic) bond motifs is 3. The van der Waals surface area contributed by atoms with Gasteiger partial charge in [-0.05, 0) is 44.2 Å². The van der Waals surface area contributed by atoms with Crippen molar-refractivity contribution in [2.75, 3.05) is 16.0 Å². The first-order chi connectivity index (χ1) is 16.0. The maximum absolute atomic E-state index is 12.6. The first kappa shape index (κ1) is 20.4. The fourth-order valence-electron chi connectivity index (χ4n) is 3.68. The van der Waals surface area contributed by atoms with Crippen LogP contribution in [0, 0.1) is 13.8 Å². The number of aryl methyl sites for hydroxylation is 2. The Labute approximate surface area is 189 Å². The van der Waals surface area contributed by atoms with Gasteiger partial charge >= 0.3 is 0 Å². The van der Waals surface area contributed by atoms with E-state index in [9.17, 15) is 9.59 Å². The Kier molecular flexibility index (Phi) is 5.06. The third kappa shape index (κ3) is 4.03. The minimum atomic E-state index is -0.258. The lowest BCUT2D eigenvalue weighted by Gasteiger charge is -2.11. The van der Waals surface area contributed by atoms with Crippen molar-refractivity contribution >= 4 is 34.8 Å². The summed E-state index contributed by atoms with van der Waals surface area (Å²) in [6, 6.07) is 14.5. The molecule has 0 saturated heterocycles. The van der Waals surface area contributed by atoms with Crippen molar-refractivity contribution in [2.24, 2.45) is 0 Å². The highest BCUT2D eigenvalue weighted by atomic mass is 16.5. The molecule has 9 nitrogen and oxygen atoms in total. The smallest absolute Gasteiger partial charge is 0.255 e. The number of nitrogens with one attached hydrogen (secondary N) is 3. The normalized spacial score (nSPS) is 12.2. The van der Waals surface area contributed by atoms with Crippen LogP contribution in [0.2, 0.25) is 0 Å². The van der Waals surface area contributed by atoms with Gasteiger partial charge in [0.15, 0.2) is 5.76 Å². The molecule has 0 atom stereocenters. The number of carbonyl (C=O) groups excluding carboxylic acids is 2. The molecular formula is C24H20N6O3. The third-order valence-electron chi connectivity index (χ3n) is 5.35. The lowest BCUT2D eigenvalue weighted by atomic mass is 10.1. The molecule has 0 fully saturated rings. The van der Waals surface area contributed by atoms with Crippen LogP contribution in [-0.2, 0) is 11.2 Å². The molecule has 4 aromatic rings. The Morgan fingerprint density at radius 3 is 2.64 bits per heavy atom. The Balaban J connectivity index is 1.36. The number of rotatable bonds is 4. The Hall–Kier alpha value is -4.53. The number of benzene rings is 2. The minimum absolute atomic E-state index is 0.101. The maximum Gasteiger partial charge on any atom is 0.255 e. The molecule has 0 unspecified atom stereocenters. The lowest BCUT2D eigenvalue weighted by Crippen LogP contribution is -2.13. The summed E-state index contributed by atoms with van der Waals surface area (Å²) in [7, 11) is 0. The summed E-state index contributed by atoms with van der Waals surface area (Å²) in [6.07, 6.45) is 1.87. The number of hydrogen-bond acceptors (Lipinski definition) is 7. The predicted molar refractivity (Wildman–Crippen MR) is 123 cm³/mol. The molecule has 5 rings (SSSR count). The molecule has 2 amide bonds. The third-order valence-corrected chi connectivity index (χ3v) is 5.35. The number of para-hydroxylation sites is 1. The lowest BCUT2D eigenvalue weighted by molar-refractivity contribution is -0.115. The van der Waals surface area contributed by atoms with E-state index >= 15 is 0 Å². The van der Waals surface area contributed by atoms with E-state index in [1.54, 1.807) is 44.3 Å².